The van der Waals surface area contributed by atoms with E-state index in [1.807, 2.05) is 0 Å². The van der Waals surface area contributed by atoms with Gasteiger partial charge in [0.05, 0.1) is 5.57 Å². The van der Waals surface area contributed by atoms with E-state index in [0.29, 0.717) is 6.42 Å². The Hall–Kier alpha value is -2.22. The highest BCUT2D eigenvalue weighted by Crippen LogP contribution is 2.66. The molecule has 144 valence electrons. The highest BCUT2D eigenvalue weighted by Gasteiger charge is 2.84. The fraction of sp³-hybridized carbons (Fsp3) is 0.500. The second-order valence-electron chi connectivity index (χ2n) is 7.45. The lowest BCUT2D eigenvalue weighted by molar-refractivity contribution is -0.315. The summed E-state index contributed by atoms with van der Waals surface area (Å²) in [5.74, 6) is -6.58. The highest BCUT2D eigenvalue weighted by atomic mass is 16.6. The van der Waals surface area contributed by atoms with E-state index < -0.39 is 28.8 Å². The number of fused-ring (bicyclic) bond motifs is 2. The number of carbonyl (C=O) groups excluding carboxylic acids is 2. The first-order valence-corrected chi connectivity index (χ1v) is 9.29. The number of unbranched alkanes of at least 4 members (excludes halogenated alkanes) is 3. The first kappa shape index (κ1) is 18.2. The summed E-state index contributed by atoms with van der Waals surface area (Å²) >= 11 is 0. The van der Waals surface area contributed by atoms with Gasteiger partial charge in [-0.05, 0) is 13.3 Å². The van der Waals surface area contributed by atoms with Crippen molar-refractivity contribution in [3.63, 3.8) is 0 Å². The molecule has 1 aliphatic carbocycles. The molecule has 1 fully saturated rings. The van der Waals surface area contributed by atoms with Gasteiger partial charge in [0.15, 0.2) is 0 Å². The van der Waals surface area contributed by atoms with E-state index in [2.05, 4.69) is 6.92 Å². The van der Waals surface area contributed by atoms with Gasteiger partial charge in [-0.25, -0.2) is 0 Å². The Labute approximate surface area is 156 Å². The normalized spacial score (nSPS) is 30.5. The summed E-state index contributed by atoms with van der Waals surface area (Å²) in [6.07, 6.45) is 3.34. The third kappa shape index (κ3) is 1.86. The van der Waals surface area contributed by atoms with Gasteiger partial charge in [0.1, 0.15) is 5.76 Å². The van der Waals surface area contributed by atoms with E-state index in [4.69, 9.17) is 4.74 Å². The average molecular weight is 373 g/mol. The van der Waals surface area contributed by atoms with Crippen LogP contribution >= 0.6 is 0 Å². The Morgan fingerprint density at radius 1 is 1.04 bits per heavy atom. The fourth-order valence-electron chi connectivity index (χ4n) is 4.89. The minimum absolute atomic E-state index is 0.0264. The second kappa shape index (κ2) is 5.64. The predicted octanol–water partition coefficient (Wildman–Crippen LogP) is 1.02. The molecule has 7 nitrogen and oxygen atoms in total. The molecule has 1 aromatic carbocycles. The molecule has 2 heterocycles. The van der Waals surface area contributed by atoms with Crippen molar-refractivity contribution in [2.45, 2.75) is 56.6 Å². The van der Waals surface area contributed by atoms with Gasteiger partial charge in [-0.2, -0.15) is 0 Å². The lowest BCUT2D eigenvalue weighted by Crippen LogP contribution is -2.66. The number of rotatable bonds is 5. The van der Waals surface area contributed by atoms with Crippen LogP contribution in [0.25, 0.3) is 0 Å². The van der Waals surface area contributed by atoms with E-state index in [1.165, 1.54) is 19.1 Å². The number of hydrogen-bond acceptors (Lipinski definition) is 6. The van der Waals surface area contributed by atoms with Crippen molar-refractivity contribution in [3.05, 3.63) is 46.7 Å². The number of ketones is 1. The maximum atomic E-state index is 12.8. The Bertz CT molecular complexity index is 875. The number of carbonyl (C=O) groups is 2. The predicted molar refractivity (Wildman–Crippen MR) is 93.8 cm³/mol. The van der Waals surface area contributed by atoms with Crippen LogP contribution in [-0.2, 0) is 25.9 Å². The van der Waals surface area contributed by atoms with Gasteiger partial charge in [-0.1, -0.05) is 50.5 Å². The van der Waals surface area contributed by atoms with Crippen molar-refractivity contribution >= 4 is 11.7 Å². The Balaban J connectivity index is 1.92. The van der Waals surface area contributed by atoms with Crippen LogP contribution in [0.2, 0.25) is 0 Å². The Kier molecular flexibility index (Phi) is 3.79. The number of aliphatic hydroxyl groups is 3. The fourth-order valence-corrected chi connectivity index (χ4v) is 4.89. The molecule has 1 aromatic rings. The number of nitrogens with zero attached hydrogens (tertiary/aromatic N) is 1. The van der Waals surface area contributed by atoms with Gasteiger partial charge in [-0.15, -0.1) is 0 Å². The number of Topliss-reactive ketones (excluding diaryl/α,β-unsaturated/α-hetero) is 1. The van der Waals surface area contributed by atoms with Crippen LogP contribution in [0.5, 0.6) is 0 Å². The quantitative estimate of drug-likeness (QED) is 0.404. The van der Waals surface area contributed by atoms with Gasteiger partial charge in [0.2, 0.25) is 11.3 Å². The minimum Gasteiger partial charge on any atom is -0.459 e. The van der Waals surface area contributed by atoms with Crippen molar-refractivity contribution in [3.8, 4) is 0 Å². The van der Waals surface area contributed by atoms with Crippen molar-refractivity contribution in [2.24, 2.45) is 0 Å². The molecule has 3 N–H and O–H groups in total. The van der Waals surface area contributed by atoms with Crippen LogP contribution in [-0.4, -0.2) is 44.0 Å². The molecule has 0 saturated carbocycles. The van der Waals surface area contributed by atoms with Crippen molar-refractivity contribution < 1.29 is 29.6 Å². The molecule has 1 amide bonds. The van der Waals surface area contributed by atoms with Crippen LogP contribution in [0.1, 0.15) is 50.7 Å². The molecule has 0 aromatic heterocycles. The number of amides is 1. The molecule has 1 spiro atoms. The summed E-state index contributed by atoms with van der Waals surface area (Å²) in [6.45, 7) is 3.62. The van der Waals surface area contributed by atoms with Gasteiger partial charge >= 0.3 is 0 Å². The number of benzene rings is 1. The maximum Gasteiger partial charge on any atom is 0.295 e. The summed E-state index contributed by atoms with van der Waals surface area (Å²) in [5.41, 5.74) is -2.11. The molecular formula is C20H23NO6. The van der Waals surface area contributed by atoms with Crippen LogP contribution in [0.4, 0.5) is 0 Å². The first-order chi connectivity index (χ1) is 12.7. The molecule has 4 rings (SSSR count). The molecule has 2 atom stereocenters. The third-order valence-corrected chi connectivity index (χ3v) is 5.98. The monoisotopic (exact) mass is 373 g/mol. The van der Waals surface area contributed by atoms with E-state index in [9.17, 15) is 24.9 Å². The van der Waals surface area contributed by atoms with Crippen LogP contribution in [0.3, 0.4) is 0 Å². The van der Waals surface area contributed by atoms with Gasteiger partial charge in [0, 0.05) is 17.7 Å². The number of hydrogen-bond donors (Lipinski definition) is 3. The van der Waals surface area contributed by atoms with Gasteiger partial charge in [-0.3, -0.25) is 9.59 Å². The molecule has 27 heavy (non-hydrogen) atoms. The molecule has 0 bridgehead atoms. The number of ether oxygens (including phenoxy) is 1. The molecule has 2 aliphatic heterocycles. The zero-order valence-electron chi connectivity index (χ0n) is 15.4. The van der Waals surface area contributed by atoms with Gasteiger partial charge in [0.25, 0.3) is 17.5 Å². The molecule has 1 saturated heterocycles. The summed E-state index contributed by atoms with van der Waals surface area (Å²) in [4.78, 5) is 26.7. The maximum absolute atomic E-state index is 12.8. The second-order valence-corrected chi connectivity index (χ2v) is 7.45. The first-order valence-electron chi connectivity index (χ1n) is 9.29. The minimum atomic E-state index is -2.67. The average Bonchev–Trinajstić information content (AvgIpc) is 3.08. The summed E-state index contributed by atoms with van der Waals surface area (Å²) in [7, 11) is 0. The summed E-state index contributed by atoms with van der Waals surface area (Å²) in [6, 6.07) is 6.21. The van der Waals surface area contributed by atoms with E-state index in [0.717, 1.165) is 24.2 Å². The smallest absolute Gasteiger partial charge is 0.295 e. The number of likely N-dealkylation sites (tertiary alicyclic amines) is 1. The van der Waals surface area contributed by atoms with E-state index in [-0.39, 0.29) is 29.0 Å². The SMILES string of the molecule is CCCCCCN1C(=O)C(=O)C2=C(C)OC3(O)c4ccccc4C(O)(O)C213. The van der Waals surface area contributed by atoms with Crippen LogP contribution in [0.15, 0.2) is 35.6 Å². The molecule has 2 unspecified atom stereocenters. The summed E-state index contributed by atoms with van der Waals surface area (Å²) in [5, 5.41) is 33.9. The number of allylic oxidation sites excluding steroid dienone is 1. The molecule has 7 heteroatoms. The van der Waals surface area contributed by atoms with Crippen LogP contribution in [0, 0.1) is 0 Å². The Morgan fingerprint density at radius 3 is 2.37 bits per heavy atom. The van der Waals surface area contributed by atoms with E-state index in [1.54, 1.807) is 12.1 Å². The van der Waals surface area contributed by atoms with Crippen LogP contribution < -0.4 is 0 Å². The third-order valence-electron chi connectivity index (χ3n) is 5.98. The van der Waals surface area contributed by atoms with Crippen molar-refractivity contribution in [2.75, 3.05) is 6.54 Å². The zero-order chi connectivity index (χ0) is 19.6. The highest BCUT2D eigenvalue weighted by molar-refractivity contribution is 6.46. The lowest BCUT2D eigenvalue weighted by atomic mass is 9.79. The van der Waals surface area contributed by atoms with Crippen molar-refractivity contribution in [1.82, 2.24) is 4.90 Å². The molecule has 3 aliphatic rings. The largest absolute Gasteiger partial charge is 0.459 e. The summed E-state index contributed by atoms with van der Waals surface area (Å²) < 4.78 is 5.67. The van der Waals surface area contributed by atoms with Crippen molar-refractivity contribution in [1.29, 1.82) is 0 Å². The lowest BCUT2D eigenvalue weighted by Gasteiger charge is -2.45. The topological polar surface area (TPSA) is 107 Å². The van der Waals surface area contributed by atoms with Gasteiger partial charge < -0.3 is 25.0 Å². The Morgan fingerprint density at radius 2 is 1.70 bits per heavy atom. The zero-order valence-corrected chi connectivity index (χ0v) is 15.4. The van der Waals surface area contributed by atoms with E-state index >= 15 is 0 Å². The standard InChI is InChI=1S/C20H23NO6/c1-3-4-5-8-11-21-17(23)16(22)15-12(2)27-20(26)14-10-7-6-9-13(14)19(24,25)18(15,20)21/h6-7,9-10,24-26H,3-5,8,11H2,1-2H3. The molecule has 0 radical (unpaired) electrons. The molecular weight excluding hydrogens is 350 g/mol.